The van der Waals surface area contributed by atoms with Gasteiger partial charge in [-0.25, -0.2) is 15.5 Å². The molecule has 1 fully saturated rings. The first kappa shape index (κ1) is 15.8. The standard InChI is InChI=1S/C13H19N2O3.ClH/c14-18-12-7-4-8-15(9-12)13(16)17-10-11-5-2-1-3-6-11;/h1-3,5-6,12H,4,7-10H2,14H3;1H/q+1;/p-1. The zero-order valence-electron chi connectivity index (χ0n) is 10.8. The van der Waals surface area contributed by atoms with Gasteiger partial charge in [0, 0.05) is 6.54 Å². The molecule has 0 radical (unpaired) electrons. The number of halogens is 1. The third-order valence-electron chi connectivity index (χ3n) is 3.08. The molecule has 6 heteroatoms. The second kappa shape index (κ2) is 7.99. The Morgan fingerprint density at radius 3 is 2.79 bits per heavy atom. The van der Waals surface area contributed by atoms with E-state index in [-0.39, 0.29) is 24.6 Å². The topological polar surface area (TPSA) is 66.4 Å². The van der Waals surface area contributed by atoms with Crippen molar-refractivity contribution in [2.75, 3.05) is 13.1 Å². The summed E-state index contributed by atoms with van der Waals surface area (Å²) in [6.45, 7) is 1.61. The summed E-state index contributed by atoms with van der Waals surface area (Å²) in [6.07, 6.45) is 1.63. The van der Waals surface area contributed by atoms with Crippen LogP contribution in [0.1, 0.15) is 18.4 Å². The number of quaternary nitrogens is 1. The van der Waals surface area contributed by atoms with Crippen LogP contribution in [0.3, 0.4) is 0 Å². The summed E-state index contributed by atoms with van der Waals surface area (Å²) in [4.78, 5) is 18.6. The van der Waals surface area contributed by atoms with E-state index in [0.717, 1.165) is 24.9 Å². The average Bonchev–Trinajstić information content (AvgIpc) is 2.46. The highest BCUT2D eigenvalue weighted by molar-refractivity contribution is 5.67. The van der Waals surface area contributed by atoms with Crippen molar-refractivity contribution in [1.29, 1.82) is 0 Å². The lowest BCUT2D eigenvalue weighted by molar-refractivity contribution is -0.703. The molecule has 106 valence electrons. The molecule has 0 bridgehead atoms. The van der Waals surface area contributed by atoms with Crippen molar-refractivity contribution >= 4 is 6.09 Å². The zero-order chi connectivity index (χ0) is 12.8. The number of piperidine rings is 1. The number of ether oxygens (including phenoxy) is 1. The van der Waals surface area contributed by atoms with Crippen molar-refractivity contribution in [3.63, 3.8) is 0 Å². The molecule has 1 atom stereocenters. The van der Waals surface area contributed by atoms with Gasteiger partial charge in [0.05, 0.1) is 6.54 Å². The van der Waals surface area contributed by atoms with E-state index in [1.54, 1.807) is 4.90 Å². The van der Waals surface area contributed by atoms with Crippen molar-refractivity contribution in [2.24, 2.45) is 0 Å². The maximum Gasteiger partial charge on any atom is 0.410 e. The molecule has 3 N–H and O–H groups in total. The normalized spacial score (nSPS) is 18.6. The van der Waals surface area contributed by atoms with E-state index in [1.165, 1.54) is 0 Å². The predicted molar refractivity (Wildman–Crippen MR) is 65.2 cm³/mol. The third kappa shape index (κ3) is 4.70. The number of amides is 1. The van der Waals surface area contributed by atoms with Gasteiger partial charge in [0.2, 0.25) is 0 Å². The molecule has 1 amide bonds. The van der Waals surface area contributed by atoms with Crippen LogP contribution in [0.2, 0.25) is 0 Å². The van der Waals surface area contributed by atoms with Crippen molar-refractivity contribution < 1.29 is 32.7 Å². The first-order valence-corrected chi connectivity index (χ1v) is 6.16. The summed E-state index contributed by atoms with van der Waals surface area (Å²) >= 11 is 0. The van der Waals surface area contributed by atoms with Gasteiger partial charge in [-0.05, 0) is 18.4 Å². The summed E-state index contributed by atoms with van der Waals surface area (Å²) < 4.78 is 5.27. The number of nitrogens with zero attached hydrogens (tertiary/aromatic N) is 1. The van der Waals surface area contributed by atoms with Gasteiger partial charge in [-0.1, -0.05) is 30.3 Å². The Morgan fingerprint density at radius 1 is 1.37 bits per heavy atom. The van der Waals surface area contributed by atoms with E-state index in [4.69, 9.17) is 9.57 Å². The molecule has 1 unspecified atom stereocenters. The Kier molecular flexibility index (Phi) is 6.62. The average molecular weight is 287 g/mol. The maximum absolute atomic E-state index is 11.9. The molecule has 1 aliphatic heterocycles. The second-order valence-electron chi connectivity index (χ2n) is 4.42. The van der Waals surface area contributed by atoms with E-state index in [9.17, 15) is 4.79 Å². The van der Waals surface area contributed by atoms with Gasteiger partial charge in [0.25, 0.3) is 0 Å². The van der Waals surface area contributed by atoms with Crippen LogP contribution in [0.4, 0.5) is 4.79 Å². The van der Waals surface area contributed by atoms with Crippen LogP contribution in [-0.4, -0.2) is 30.2 Å². The van der Waals surface area contributed by atoms with Crippen LogP contribution in [0.5, 0.6) is 0 Å². The molecular formula is C13H19ClN2O3. The van der Waals surface area contributed by atoms with Crippen molar-refractivity contribution in [1.82, 2.24) is 4.90 Å². The monoisotopic (exact) mass is 286 g/mol. The molecule has 1 heterocycles. The summed E-state index contributed by atoms with van der Waals surface area (Å²) in [5, 5.41) is 0. The number of benzene rings is 1. The highest BCUT2D eigenvalue weighted by Crippen LogP contribution is 2.13. The lowest BCUT2D eigenvalue weighted by Gasteiger charge is -2.29. The molecule has 2 rings (SSSR count). The molecule has 0 spiro atoms. The zero-order valence-corrected chi connectivity index (χ0v) is 11.5. The van der Waals surface area contributed by atoms with E-state index in [0.29, 0.717) is 13.2 Å². The third-order valence-corrected chi connectivity index (χ3v) is 3.08. The number of hydrogen-bond acceptors (Lipinski definition) is 3. The number of hydrogen-bond donors (Lipinski definition) is 1. The van der Waals surface area contributed by atoms with Gasteiger partial charge in [0.1, 0.15) is 12.7 Å². The van der Waals surface area contributed by atoms with Gasteiger partial charge in [0.15, 0.2) is 0 Å². The fraction of sp³-hybridized carbons (Fsp3) is 0.462. The molecule has 1 aliphatic rings. The Hall–Kier alpha value is -1.30. The second-order valence-corrected chi connectivity index (χ2v) is 4.42. The van der Waals surface area contributed by atoms with Gasteiger partial charge in [-0.2, -0.15) is 0 Å². The predicted octanol–water partition coefficient (Wildman–Crippen LogP) is -2.03. The van der Waals surface area contributed by atoms with E-state index < -0.39 is 0 Å². The minimum atomic E-state index is -0.277. The Morgan fingerprint density at radius 2 is 2.11 bits per heavy atom. The van der Waals surface area contributed by atoms with Gasteiger partial charge in [-0.3, -0.25) is 0 Å². The Labute approximate surface area is 119 Å². The van der Waals surface area contributed by atoms with Gasteiger partial charge in [-0.15, -0.1) is 0 Å². The molecule has 0 aliphatic carbocycles. The molecule has 1 aromatic rings. The highest BCUT2D eigenvalue weighted by Gasteiger charge is 2.25. The van der Waals surface area contributed by atoms with Crippen molar-refractivity contribution in [3.05, 3.63) is 35.9 Å². The minimum absolute atomic E-state index is 0. The van der Waals surface area contributed by atoms with Crippen LogP contribution >= 0.6 is 0 Å². The Balaban J connectivity index is 0.00000180. The first-order chi connectivity index (χ1) is 8.79. The van der Waals surface area contributed by atoms with Gasteiger partial charge >= 0.3 is 6.09 Å². The fourth-order valence-electron chi connectivity index (χ4n) is 2.05. The van der Waals surface area contributed by atoms with Crippen LogP contribution in [0.25, 0.3) is 0 Å². The maximum atomic E-state index is 11.9. The number of rotatable bonds is 3. The summed E-state index contributed by atoms with van der Waals surface area (Å²) in [6, 6.07) is 9.66. The lowest BCUT2D eigenvalue weighted by Crippen LogP contribution is -3.00. The van der Waals surface area contributed by atoms with Crippen LogP contribution in [0.15, 0.2) is 30.3 Å². The van der Waals surface area contributed by atoms with E-state index in [1.807, 2.05) is 30.3 Å². The number of carbonyl (C=O) groups is 1. The van der Waals surface area contributed by atoms with Crippen molar-refractivity contribution in [3.8, 4) is 0 Å². The molecule has 0 aromatic heterocycles. The van der Waals surface area contributed by atoms with Crippen molar-refractivity contribution in [2.45, 2.75) is 25.6 Å². The van der Waals surface area contributed by atoms with E-state index >= 15 is 0 Å². The molecular weight excluding hydrogens is 268 g/mol. The minimum Gasteiger partial charge on any atom is -1.00 e. The Bertz CT molecular complexity index is 389. The smallest absolute Gasteiger partial charge is 0.410 e. The summed E-state index contributed by atoms with van der Waals surface area (Å²) in [7, 11) is 0. The van der Waals surface area contributed by atoms with Crippen LogP contribution < -0.4 is 18.3 Å². The molecule has 0 saturated carbocycles. The number of carbonyl (C=O) groups excluding carboxylic acids is 1. The van der Waals surface area contributed by atoms with Crippen LogP contribution in [-0.2, 0) is 16.2 Å². The fourth-order valence-corrected chi connectivity index (χ4v) is 2.05. The van der Waals surface area contributed by atoms with Gasteiger partial charge < -0.3 is 22.0 Å². The quantitative estimate of drug-likeness (QED) is 0.652. The lowest BCUT2D eigenvalue weighted by atomic mass is 10.1. The van der Waals surface area contributed by atoms with Crippen LogP contribution in [0, 0.1) is 0 Å². The summed E-state index contributed by atoms with van der Waals surface area (Å²) in [5.74, 6) is 3.42. The first-order valence-electron chi connectivity index (χ1n) is 6.16. The molecule has 1 saturated heterocycles. The van der Waals surface area contributed by atoms with E-state index in [2.05, 4.69) is 5.90 Å². The number of likely N-dealkylation sites (tertiary alicyclic amines) is 1. The highest BCUT2D eigenvalue weighted by atomic mass is 35.5. The SMILES string of the molecule is [Cl-].[NH3+]OC1CCCN(C(=O)OCc2ccccc2)C1. The summed E-state index contributed by atoms with van der Waals surface area (Å²) in [5.41, 5.74) is 0.993. The molecule has 19 heavy (non-hydrogen) atoms. The molecule has 5 nitrogen and oxygen atoms in total. The molecule has 1 aromatic carbocycles. The largest absolute Gasteiger partial charge is 1.00 e.